The van der Waals surface area contributed by atoms with Gasteiger partial charge in [0.05, 0.1) is 11.5 Å². The second-order valence-corrected chi connectivity index (χ2v) is 5.53. The highest BCUT2D eigenvalue weighted by Gasteiger charge is 2.23. The van der Waals surface area contributed by atoms with E-state index in [2.05, 4.69) is 6.58 Å². The number of hydrogen-bond donors (Lipinski definition) is 2. The third kappa shape index (κ3) is 3.28. The molecule has 0 amide bonds. The maximum absolute atomic E-state index is 13.2. The van der Waals surface area contributed by atoms with Crippen LogP contribution in [0.4, 0.5) is 10.1 Å². The van der Waals surface area contributed by atoms with Crippen LogP contribution in [0.25, 0.3) is 0 Å². The molecule has 1 aromatic rings. The van der Waals surface area contributed by atoms with Gasteiger partial charge >= 0.3 is 0 Å². The molecule has 0 saturated carbocycles. The van der Waals surface area contributed by atoms with E-state index in [1.54, 1.807) is 0 Å². The number of rotatable bonds is 6. The number of aliphatic hydroxyl groups is 1. The Labute approximate surface area is 105 Å². The second kappa shape index (κ2) is 5.94. The van der Waals surface area contributed by atoms with E-state index in [1.807, 2.05) is 0 Å². The van der Waals surface area contributed by atoms with Crippen molar-refractivity contribution in [2.45, 2.75) is 4.90 Å². The van der Waals surface area contributed by atoms with Crippen molar-refractivity contribution in [2.24, 2.45) is 0 Å². The highest BCUT2D eigenvalue weighted by atomic mass is 32.2. The Morgan fingerprint density at radius 3 is 2.61 bits per heavy atom. The SMILES string of the molecule is C=CCN(CCO)S(=O)(=O)c1cc(N)cc(F)c1. The minimum absolute atomic E-state index is 0.0242. The van der Waals surface area contributed by atoms with Gasteiger partial charge in [-0.1, -0.05) is 6.08 Å². The molecule has 0 unspecified atom stereocenters. The van der Waals surface area contributed by atoms with Crippen molar-refractivity contribution in [3.8, 4) is 0 Å². The lowest BCUT2D eigenvalue weighted by Gasteiger charge is -2.19. The molecule has 0 aliphatic heterocycles. The summed E-state index contributed by atoms with van der Waals surface area (Å²) < 4.78 is 38.5. The van der Waals surface area contributed by atoms with Crippen LogP contribution >= 0.6 is 0 Å². The Hall–Kier alpha value is -1.44. The third-order valence-electron chi connectivity index (χ3n) is 2.21. The highest BCUT2D eigenvalue weighted by molar-refractivity contribution is 7.89. The Kier molecular flexibility index (Phi) is 4.83. The van der Waals surface area contributed by atoms with Crippen molar-refractivity contribution in [1.29, 1.82) is 0 Å². The van der Waals surface area contributed by atoms with E-state index in [1.165, 1.54) is 12.1 Å². The first kappa shape index (κ1) is 14.6. The summed E-state index contributed by atoms with van der Waals surface area (Å²) >= 11 is 0. The first-order valence-electron chi connectivity index (χ1n) is 5.19. The van der Waals surface area contributed by atoms with E-state index in [9.17, 15) is 12.8 Å². The largest absolute Gasteiger partial charge is 0.399 e. The molecule has 0 radical (unpaired) electrons. The number of hydrogen-bond acceptors (Lipinski definition) is 4. The Morgan fingerprint density at radius 1 is 1.44 bits per heavy atom. The van der Waals surface area contributed by atoms with Gasteiger partial charge in [0.1, 0.15) is 5.82 Å². The average molecular weight is 274 g/mol. The standard InChI is InChI=1S/C11H15FN2O3S/c1-2-3-14(4-5-15)18(16,17)11-7-9(12)6-10(13)8-11/h2,6-8,15H,1,3-5,13H2. The highest BCUT2D eigenvalue weighted by Crippen LogP contribution is 2.19. The van der Waals surface area contributed by atoms with Crippen molar-refractivity contribution in [3.63, 3.8) is 0 Å². The van der Waals surface area contributed by atoms with Crippen LogP contribution in [0.15, 0.2) is 35.7 Å². The van der Waals surface area contributed by atoms with Crippen molar-refractivity contribution in [2.75, 3.05) is 25.4 Å². The number of sulfonamides is 1. The van der Waals surface area contributed by atoms with Crippen LogP contribution in [-0.4, -0.2) is 37.5 Å². The van der Waals surface area contributed by atoms with Crippen LogP contribution in [-0.2, 0) is 10.0 Å². The van der Waals surface area contributed by atoms with Crippen LogP contribution < -0.4 is 5.73 Å². The topological polar surface area (TPSA) is 83.6 Å². The monoisotopic (exact) mass is 274 g/mol. The Balaban J connectivity index is 3.21. The van der Waals surface area contributed by atoms with Gasteiger partial charge in [0.25, 0.3) is 0 Å². The minimum Gasteiger partial charge on any atom is -0.399 e. The molecule has 1 rings (SSSR count). The predicted molar refractivity (Wildman–Crippen MR) is 66.9 cm³/mol. The van der Waals surface area contributed by atoms with E-state index >= 15 is 0 Å². The van der Waals surface area contributed by atoms with Gasteiger partial charge in [0.2, 0.25) is 10.0 Å². The van der Waals surface area contributed by atoms with Crippen LogP contribution in [0.5, 0.6) is 0 Å². The Morgan fingerprint density at radius 2 is 2.11 bits per heavy atom. The molecule has 0 spiro atoms. The zero-order chi connectivity index (χ0) is 13.8. The molecular formula is C11H15FN2O3S. The fraction of sp³-hybridized carbons (Fsp3) is 0.273. The molecule has 0 aromatic heterocycles. The fourth-order valence-electron chi connectivity index (χ4n) is 1.45. The van der Waals surface area contributed by atoms with E-state index < -0.39 is 15.8 Å². The second-order valence-electron chi connectivity index (χ2n) is 3.60. The normalized spacial score (nSPS) is 11.7. The molecule has 1 aromatic carbocycles. The minimum atomic E-state index is -3.89. The van der Waals surface area contributed by atoms with Gasteiger partial charge in [0.15, 0.2) is 0 Å². The summed E-state index contributed by atoms with van der Waals surface area (Å²) in [6, 6.07) is 3.09. The maximum Gasteiger partial charge on any atom is 0.243 e. The molecular weight excluding hydrogens is 259 g/mol. The van der Waals surface area contributed by atoms with Gasteiger partial charge in [-0.3, -0.25) is 0 Å². The molecule has 0 bridgehead atoms. The van der Waals surface area contributed by atoms with Gasteiger partial charge in [-0.05, 0) is 18.2 Å². The lowest BCUT2D eigenvalue weighted by molar-refractivity contribution is 0.260. The number of nitrogen functional groups attached to an aromatic ring is 1. The molecule has 0 fully saturated rings. The lowest BCUT2D eigenvalue weighted by atomic mass is 10.3. The number of nitrogens with two attached hydrogens (primary N) is 1. The van der Waals surface area contributed by atoms with Crippen LogP contribution in [0.2, 0.25) is 0 Å². The van der Waals surface area contributed by atoms with Crippen molar-refractivity contribution >= 4 is 15.7 Å². The number of halogens is 1. The van der Waals surface area contributed by atoms with Gasteiger partial charge in [-0.2, -0.15) is 4.31 Å². The quantitative estimate of drug-likeness (QED) is 0.587. The molecule has 5 nitrogen and oxygen atoms in total. The summed E-state index contributed by atoms with van der Waals surface area (Å²) in [5.41, 5.74) is 5.44. The maximum atomic E-state index is 13.2. The number of anilines is 1. The zero-order valence-electron chi connectivity index (χ0n) is 9.71. The van der Waals surface area contributed by atoms with Crippen LogP contribution in [0.1, 0.15) is 0 Å². The predicted octanol–water partition coefficient (Wildman–Crippen LogP) is 0.577. The summed E-state index contributed by atoms with van der Waals surface area (Å²) in [4.78, 5) is -0.240. The van der Waals surface area contributed by atoms with E-state index in [-0.39, 0.29) is 30.3 Å². The number of nitrogens with zero attached hydrogens (tertiary/aromatic N) is 1. The molecule has 7 heteroatoms. The molecule has 3 N–H and O–H groups in total. The first-order valence-corrected chi connectivity index (χ1v) is 6.63. The summed E-state index contributed by atoms with van der Waals surface area (Å²) in [5.74, 6) is -0.726. The molecule has 0 saturated heterocycles. The molecule has 0 atom stereocenters. The number of benzene rings is 1. The summed E-state index contributed by atoms with van der Waals surface area (Å²) in [6.45, 7) is 3.04. The smallest absolute Gasteiger partial charge is 0.243 e. The lowest BCUT2D eigenvalue weighted by Crippen LogP contribution is -2.33. The van der Waals surface area contributed by atoms with Gasteiger partial charge < -0.3 is 10.8 Å². The number of aliphatic hydroxyl groups excluding tert-OH is 1. The molecule has 100 valence electrons. The third-order valence-corrected chi connectivity index (χ3v) is 4.06. The van der Waals surface area contributed by atoms with Crippen LogP contribution in [0, 0.1) is 5.82 Å². The van der Waals surface area contributed by atoms with Crippen molar-refractivity contribution in [3.05, 3.63) is 36.7 Å². The van der Waals surface area contributed by atoms with Gasteiger partial charge in [-0.25, -0.2) is 12.8 Å². The molecule has 18 heavy (non-hydrogen) atoms. The molecule has 0 aliphatic carbocycles. The fourth-order valence-corrected chi connectivity index (χ4v) is 2.92. The average Bonchev–Trinajstić information content (AvgIpc) is 2.27. The van der Waals surface area contributed by atoms with E-state index in [0.29, 0.717) is 0 Å². The zero-order valence-corrected chi connectivity index (χ0v) is 10.5. The van der Waals surface area contributed by atoms with Gasteiger partial charge in [0, 0.05) is 18.8 Å². The van der Waals surface area contributed by atoms with E-state index in [4.69, 9.17) is 10.8 Å². The molecule has 0 heterocycles. The first-order chi connectivity index (χ1) is 8.41. The molecule has 0 aliphatic rings. The van der Waals surface area contributed by atoms with E-state index in [0.717, 1.165) is 16.4 Å². The summed E-state index contributed by atoms with van der Waals surface area (Å²) in [7, 11) is -3.89. The Bertz CT molecular complexity index is 511. The van der Waals surface area contributed by atoms with Gasteiger partial charge in [-0.15, -0.1) is 6.58 Å². The summed E-state index contributed by atoms with van der Waals surface area (Å²) in [6.07, 6.45) is 1.38. The van der Waals surface area contributed by atoms with Crippen LogP contribution in [0.3, 0.4) is 0 Å². The van der Waals surface area contributed by atoms with Crippen molar-refractivity contribution in [1.82, 2.24) is 4.31 Å². The van der Waals surface area contributed by atoms with Crippen molar-refractivity contribution < 1.29 is 17.9 Å². The summed E-state index contributed by atoms with van der Waals surface area (Å²) in [5, 5.41) is 8.84.